The first kappa shape index (κ1) is 15.2. The van der Waals surface area contributed by atoms with E-state index in [0.29, 0.717) is 0 Å². The van der Waals surface area contributed by atoms with Gasteiger partial charge in [-0.25, -0.2) is 9.59 Å². The molecule has 1 rings (SSSR count). The molecule has 0 aromatic rings. The molecule has 1 aliphatic rings. The molecule has 0 saturated carbocycles. The van der Waals surface area contributed by atoms with E-state index in [9.17, 15) is 14.4 Å². The Labute approximate surface area is 111 Å². The maximum Gasteiger partial charge on any atom is 0.329 e. The summed E-state index contributed by atoms with van der Waals surface area (Å²) >= 11 is 0. The van der Waals surface area contributed by atoms with Gasteiger partial charge in [-0.3, -0.25) is 4.79 Å². The summed E-state index contributed by atoms with van der Waals surface area (Å²) in [7, 11) is 1.38. The van der Waals surface area contributed by atoms with E-state index >= 15 is 0 Å². The standard InChI is InChI=1S/C11H19N3O5/c1-11(2,9(16)17)13(3)10(18)14-4-5-19-6-7(14)8(12)15/h7H,4-6H2,1-3H3,(H2,12,15)(H,16,17). The molecule has 0 radical (unpaired) electrons. The van der Waals surface area contributed by atoms with Gasteiger partial charge in [0.1, 0.15) is 11.6 Å². The summed E-state index contributed by atoms with van der Waals surface area (Å²) in [5.74, 6) is -1.80. The van der Waals surface area contributed by atoms with Crippen molar-refractivity contribution < 1.29 is 24.2 Å². The monoisotopic (exact) mass is 273 g/mol. The number of hydrogen-bond acceptors (Lipinski definition) is 4. The van der Waals surface area contributed by atoms with Crippen LogP contribution in [0, 0.1) is 0 Å². The molecule has 1 fully saturated rings. The molecule has 0 spiro atoms. The Bertz CT molecular complexity index is 396. The lowest BCUT2D eigenvalue weighted by Gasteiger charge is -2.40. The zero-order chi connectivity index (χ0) is 14.8. The van der Waals surface area contributed by atoms with Crippen molar-refractivity contribution in [3.05, 3.63) is 0 Å². The van der Waals surface area contributed by atoms with Gasteiger partial charge in [0.15, 0.2) is 0 Å². The van der Waals surface area contributed by atoms with Crippen LogP contribution in [-0.4, -0.2) is 71.2 Å². The molecule has 108 valence electrons. The van der Waals surface area contributed by atoms with Crippen LogP contribution in [-0.2, 0) is 14.3 Å². The maximum absolute atomic E-state index is 12.3. The maximum atomic E-state index is 12.3. The average molecular weight is 273 g/mol. The number of rotatable bonds is 3. The largest absolute Gasteiger partial charge is 0.480 e. The first-order valence-corrected chi connectivity index (χ1v) is 5.84. The van der Waals surface area contributed by atoms with E-state index in [1.54, 1.807) is 0 Å². The summed E-state index contributed by atoms with van der Waals surface area (Å²) in [6, 6.07) is -1.42. The summed E-state index contributed by atoms with van der Waals surface area (Å²) in [6.45, 7) is 3.34. The molecule has 1 saturated heterocycles. The number of morpholine rings is 1. The van der Waals surface area contributed by atoms with Crippen molar-refractivity contribution >= 4 is 17.9 Å². The number of carbonyl (C=O) groups excluding carboxylic acids is 2. The Morgan fingerprint density at radius 2 is 2.00 bits per heavy atom. The first-order chi connectivity index (χ1) is 8.69. The number of ether oxygens (including phenoxy) is 1. The van der Waals surface area contributed by atoms with E-state index in [2.05, 4.69) is 0 Å². The number of primary amides is 1. The van der Waals surface area contributed by atoms with Gasteiger partial charge in [0, 0.05) is 13.6 Å². The molecule has 0 aromatic heterocycles. The molecule has 0 bridgehead atoms. The second-order valence-corrected chi connectivity index (χ2v) is 4.89. The van der Waals surface area contributed by atoms with Gasteiger partial charge in [-0.05, 0) is 13.8 Å². The van der Waals surface area contributed by atoms with Crippen LogP contribution in [0.15, 0.2) is 0 Å². The average Bonchev–Trinajstić information content (AvgIpc) is 2.36. The highest BCUT2D eigenvalue weighted by atomic mass is 16.5. The highest BCUT2D eigenvalue weighted by Crippen LogP contribution is 2.17. The van der Waals surface area contributed by atoms with Gasteiger partial charge in [-0.15, -0.1) is 0 Å². The molecule has 19 heavy (non-hydrogen) atoms. The smallest absolute Gasteiger partial charge is 0.329 e. The van der Waals surface area contributed by atoms with E-state index in [4.69, 9.17) is 15.6 Å². The van der Waals surface area contributed by atoms with Gasteiger partial charge in [0.2, 0.25) is 5.91 Å². The Balaban J connectivity index is 2.91. The molecule has 0 aromatic carbocycles. The van der Waals surface area contributed by atoms with E-state index in [1.807, 2.05) is 0 Å². The molecule has 1 atom stereocenters. The van der Waals surface area contributed by atoms with Crippen LogP contribution < -0.4 is 5.73 Å². The Morgan fingerprint density at radius 1 is 1.42 bits per heavy atom. The highest BCUT2D eigenvalue weighted by Gasteiger charge is 2.40. The van der Waals surface area contributed by atoms with Crippen molar-refractivity contribution in [3.8, 4) is 0 Å². The summed E-state index contributed by atoms with van der Waals surface area (Å²) < 4.78 is 5.11. The third-order valence-corrected chi connectivity index (χ3v) is 3.35. The molecular formula is C11H19N3O5. The van der Waals surface area contributed by atoms with Crippen LogP contribution in [0.5, 0.6) is 0 Å². The molecule has 0 aliphatic carbocycles. The first-order valence-electron chi connectivity index (χ1n) is 5.84. The van der Waals surface area contributed by atoms with E-state index in [1.165, 1.54) is 25.8 Å². The minimum absolute atomic E-state index is 0.0302. The third kappa shape index (κ3) is 2.95. The third-order valence-electron chi connectivity index (χ3n) is 3.35. The second-order valence-electron chi connectivity index (χ2n) is 4.89. The van der Waals surface area contributed by atoms with Crippen LogP contribution in [0.2, 0.25) is 0 Å². The SMILES string of the molecule is CN(C(=O)N1CCOCC1C(N)=O)C(C)(C)C(=O)O. The molecule has 8 heteroatoms. The molecule has 1 aliphatic heterocycles. The lowest BCUT2D eigenvalue weighted by molar-refractivity contribution is -0.147. The minimum Gasteiger partial charge on any atom is -0.480 e. The summed E-state index contributed by atoms with van der Waals surface area (Å²) in [5, 5.41) is 9.11. The van der Waals surface area contributed by atoms with E-state index in [-0.39, 0.29) is 19.8 Å². The lowest BCUT2D eigenvalue weighted by atomic mass is 10.0. The van der Waals surface area contributed by atoms with Crippen molar-refractivity contribution in [2.75, 3.05) is 26.8 Å². The molecule has 1 unspecified atom stereocenters. The van der Waals surface area contributed by atoms with Gasteiger partial charge in [-0.1, -0.05) is 0 Å². The van der Waals surface area contributed by atoms with Crippen LogP contribution in [0.3, 0.4) is 0 Å². The van der Waals surface area contributed by atoms with Crippen LogP contribution in [0.4, 0.5) is 4.79 Å². The molecule has 3 amide bonds. The number of carbonyl (C=O) groups is 3. The van der Waals surface area contributed by atoms with Crippen molar-refractivity contribution in [1.82, 2.24) is 9.80 Å². The molecule has 3 N–H and O–H groups in total. The number of nitrogens with two attached hydrogens (primary N) is 1. The normalized spacial score (nSPS) is 19.9. The number of hydrogen-bond donors (Lipinski definition) is 2. The van der Waals surface area contributed by atoms with Gasteiger partial charge in [-0.2, -0.15) is 0 Å². The number of likely N-dealkylation sites (N-methyl/N-ethyl adjacent to an activating group) is 1. The van der Waals surface area contributed by atoms with Crippen LogP contribution in [0.1, 0.15) is 13.8 Å². The van der Waals surface area contributed by atoms with Crippen molar-refractivity contribution in [3.63, 3.8) is 0 Å². The fraction of sp³-hybridized carbons (Fsp3) is 0.727. The molecule has 8 nitrogen and oxygen atoms in total. The Kier molecular flexibility index (Phi) is 4.35. The topological polar surface area (TPSA) is 113 Å². The van der Waals surface area contributed by atoms with Crippen LogP contribution in [0.25, 0.3) is 0 Å². The summed E-state index contributed by atoms with van der Waals surface area (Å²) in [4.78, 5) is 37.0. The van der Waals surface area contributed by atoms with Crippen molar-refractivity contribution in [2.24, 2.45) is 5.73 Å². The van der Waals surface area contributed by atoms with Gasteiger partial charge < -0.3 is 25.4 Å². The van der Waals surface area contributed by atoms with Gasteiger partial charge in [0.05, 0.1) is 13.2 Å². The Morgan fingerprint density at radius 3 is 2.47 bits per heavy atom. The quantitative estimate of drug-likeness (QED) is 0.691. The molecular weight excluding hydrogens is 254 g/mol. The second kappa shape index (κ2) is 5.43. The van der Waals surface area contributed by atoms with E-state index < -0.39 is 29.5 Å². The summed E-state index contributed by atoms with van der Waals surface area (Å²) in [5.41, 5.74) is 3.84. The lowest BCUT2D eigenvalue weighted by Crippen LogP contribution is -2.61. The zero-order valence-corrected chi connectivity index (χ0v) is 11.3. The summed E-state index contributed by atoms with van der Waals surface area (Å²) in [6.07, 6.45) is 0. The highest BCUT2D eigenvalue weighted by molar-refractivity contribution is 5.89. The van der Waals surface area contributed by atoms with Gasteiger partial charge >= 0.3 is 12.0 Å². The molecule has 1 heterocycles. The fourth-order valence-corrected chi connectivity index (χ4v) is 1.64. The van der Waals surface area contributed by atoms with Crippen molar-refractivity contribution in [2.45, 2.75) is 25.4 Å². The number of aliphatic carboxylic acids is 1. The number of urea groups is 1. The number of carboxylic acid groups (broad SMARTS) is 1. The predicted octanol–water partition coefficient (Wildman–Crippen LogP) is -0.912. The number of amides is 3. The Hall–Kier alpha value is -1.83. The van der Waals surface area contributed by atoms with E-state index in [0.717, 1.165) is 4.90 Å². The number of carboxylic acids is 1. The fourth-order valence-electron chi connectivity index (χ4n) is 1.64. The predicted molar refractivity (Wildman–Crippen MR) is 65.4 cm³/mol. The minimum atomic E-state index is -1.38. The number of nitrogens with zero attached hydrogens (tertiary/aromatic N) is 2. The zero-order valence-electron chi connectivity index (χ0n) is 11.3. The van der Waals surface area contributed by atoms with Gasteiger partial charge in [0.25, 0.3) is 0 Å². The van der Waals surface area contributed by atoms with Crippen LogP contribution >= 0.6 is 0 Å². The van der Waals surface area contributed by atoms with Crippen molar-refractivity contribution in [1.29, 1.82) is 0 Å².